The Morgan fingerprint density at radius 1 is 1.12 bits per heavy atom. The smallest absolute Gasteiger partial charge is 0.320 e. The first kappa shape index (κ1) is 34.5. The number of unbranched alkanes of at least 4 members (excludes halogenated alkanes) is 7. The van der Waals surface area contributed by atoms with Crippen molar-refractivity contribution in [1.82, 2.24) is 10.6 Å². The van der Waals surface area contributed by atoms with Crippen molar-refractivity contribution >= 4 is 33.1 Å². The number of piperidine rings is 1. The van der Waals surface area contributed by atoms with Crippen LogP contribution < -0.4 is 15.5 Å². The summed E-state index contributed by atoms with van der Waals surface area (Å²) in [5.74, 6) is -3.76. The van der Waals surface area contributed by atoms with E-state index < -0.39 is 33.0 Å². The van der Waals surface area contributed by atoms with E-state index in [0.29, 0.717) is 5.69 Å². The largest absolute Gasteiger partial charge is 0.480 e. The molecule has 1 aliphatic carbocycles. The van der Waals surface area contributed by atoms with Gasteiger partial charge in [-0.2, -0.15) is 5.26 Å². The first-order valence-electron chi connectivity index (χ1n) is 15.2. The highest BCUT2D eigenvalue weighted by Gasteiger charge is 2.42. The van der Waals surface area contributed by atoms with Crippen LogP contribution in [0.5, 0.6) is 0 Å². The predicted molar refractivity (Wildman–Crippen MR) is 161 cm³/mol. The SMILES string of the molecule is CCCCCCCCCCNC1(C#N)CC1.O=C(O)[C@@H]1C[C@@H](S(=O)(=O)c2ccc(N3CCC(F)(F)CC3)cc2Cl)CN1. The van der Waals surface area contributed by atoms with Crippen molar-refractivity contribution in [3.63, 3.8) is 0 Å². The second-order valence-electron chi connectivity index (χ2n) is 11.8. The van der Waals surface area contributed by atoms with E-state index >= 15 is 0 Å². The third kappa shape index (κ3) is 10.0. The summed E-state index contributed by atoms with van der Waals surface area (Å²) in [4.78, 5) is 12.7. The van der Waals surface area contributed by atoms with Crippen LogP contribution in [0, 0.1) is 11.3 Å². The highest BCUT2D eigenvalue weighted by molar-refractivity contribution is 7.92. The average molecular weight is 631 g/mol. The Morgan fingerprint density at radius 3 is 2.26 bits per heavy atom. The Bertz CT molecular complexity index is 1180. The van der Waals surface area contributed by atoms with Crippen molar-refractivity contribution in [2.24, 2.45) is 0 Å². The van der Waals surface area contributed by atoms with Gasteiger partial charge in [0, 0.05) is 38.2 Å². The molecule has 2 saturated heterocycles. The van der Waals surface area contributed by atoms with E-state index in [4.69, 9.17) is 22.0 Å². The summed E-state index contributed by atoms with van der Waals surface area (Å²) < 4.78 is 52.1. The van der Waals surface area contributed by atoms with E-state index in [9.17, 15) is 22.0 Å². The van der Waals surface area contributed by atoms with Crippen LogP contribution in [0.1, 0.15) is 90.4 Å². The molecule has 2 atom stereocenters. The molecule has 4 rings (SSSR count). The molecular formula is C30H45ClF2N4O4S. The van der Waals surface area contributed by atoms with E-state index in [-0.39, 0.29) is 54.4 Å². The molecule has 1 aromatic rings. The number of anilines is 1. The molecule has 0 unspecified atom stereocenters. The number of alkyl halides is 2. The number of nitrogens with zero attached hydrogens (tertiary/aromatic N) is 2. The third-order valence-corrected chi connectivity index (χ3v) is 11.0. The standard InChI is InChI=1S/C16H19ClF2N2O4S.C14H26N2/c17-12-7-10(21-5-3-16(18,19)4-6-21)1-2-14(12)26(24,25)11-8-13(15(22)23)20-9-11;1-2-3-4-5-6-7-8-9-12-16-14(13-15)10-11-14/h1-2,7,11,13,20H,3-6,8-9H2,(H,22,23);16H,2-12H2,1H3/t11-,13+;/m1./s1. The monoisotopic (exact) mass is 630 g/mol. The highest BCUT2D eigenvalue weighted by Crippen LogP contribution is 2.35. The summed E-state index contributed by atoms with van der Waals surface area (Å²) in [6.07, 6.45) is 12.4. The zero-order valence-electron chi connectivity index (χ0n) is 24.5. The fraction of sp³-hybridized carbons (Fsp3) is 0.733. The number of nitriles is 1. The lowest BCUT2D eigenvalue weighted by atomic mass is 10.1. The lowest BCUT2D eigenvalue weighted by molar-refractivity contribution is -0.139. The summed E-state index contributed by atoms with van der Waals surface area (Å²) in [5.41, 5.74) is 0.485. The van der Waals surface area contributed by atoms with Gasteiger partial charge in [-0.25, -0.2) is 17.2 Å². The third-order valence-electron chi connectivity index (χ3n) is 8.37. The van der Waals surface area contributed by atoms with Crippen molar-refractivity contribution in [2.75, 3.05) is 31.1 Å². The van der Waals surface area contributed by atoms with Crippen molar-refractivity contribution in [1.29, 1.82) is 5.26 Å². The molecular weight excluding hydrogens is 586 g/mol. The van der Waals surface area contributed by atoms with Crippen LogP contribution in [-0.4, -0.2) is 68.4 Å². The highest BCUT2D eigenvalue weighted by atomic mass is 35.5. The average Bonchev–Trinajstić information content (AvgIpc) is 3.54. The van der Waals surface area contributed by atoms with Crippen LogP contribution in [0.3, 0.4) is 0 Å². The molecule has 0 amide bonds. The molecule has 0 bridgehead atoms. The maximum absolute atomic E-state index is 13.3. The molecule has 3 aliphatic rings. The van der Waals surface area contributed by atoms with Crippen molar-refractivity contribution < 1.29 is 27.1 Å². The van der Waals surface area contributed by atoms with Gasteiger partial charge < -0.3 is 15.3 Å². The lowest BCUT2D eigenvalue weighted by Crippen LogP contribution is -2.39. The van der Waals surface area contributed by atoms with E-state index in [2.05, 4.69) is 23.6 Å². The van der Waals surface area contributed by atoms with Gasteiger partial charge in [-0.05, 0) is 50.4 Å². The Kier molecular flexibility index (Phi) is 12.8. The molecule has 42 heavy (non-hydrogen) atoms. The molecule has 12 heteroatoms. The first-order valence-corrected chi connectivity index (χ1v) is 17.1. The Labute approximate surface area is 254 Å². The van der Waals surface area contributed by atoms with Crippen LogP contribution in [0.15, 0.2) is 23.1 Å². The molecule has 3 N–H and O–H groups in total. The van der Waals surface area contributed by atoms with Gasteiger partial charge in [0.15, 0.2) is 9.84 Å². The Hall–Kier alpha value is -2.00. The number of aliphatic carboxylic acids is 1. The van der Waals surface area contributed by atoms with Crippen LogP contribution in [-0.2, 0) is 14.6 Å². The zero-order chi connectivity index (χ0) is 30.8. The quantitative estimate of drug-likeness (QED) is 0.216. The second kappa shape index (κ2) is 15.6. The van der Waals surface area contributed by atoms with Crippen LogP contribution in [0.25, 0.3) is 0 Å². The number of rotatable bonds is 14. The van der Waals surface area contributed by atoms with Crippen LogP contribution >= 0.6 is 11.6 Å². The summed E-state index contributed by atoms with van der Waals surface area (Å²) in [6.45, 7) is 3.67. The molecule has 0 radical (unpaired) electrons. The van der Waals surface area contributed by atoms with E-state index in [1.165, 1.54) is 63.5 Å². The van der Waals surface area contributed by atoms with Gasteiger partial charge in [0.05, 0.1) is 21.2 Å². The van der Waals surface area contributed by atoms with Crippen molar-refractivity contribution in [2.45, 2.75) is 118 Å². The Balaban J connectivity index is 0.000000260. The molecule has 236 valence electrons. The second-order valence-corrected chi connectivity index (χ2v) is 14.4. The number of benzene rings is 1. The van der Waals surface area contributed by atoms with Crippen molar-refractivity contribution in [3.05, 3.63) is 23.2 Å². The maximum atomic E-state index is 13.3. The van der Waals surface area contributed by atoms with E-state index in [1.807, 2.05) is 0 Å². The maximum Gasteiger partial charge on any atom is 0.320 e. The fourth-order valence-electron chi connectivity index (χ4n) is 5.36. The summed E-state index contributed by atoms with van der Waals surface area (Å²) in [7, 11) is -3.80. The normalized spacial score (nSPS) is 22.6. The van der Waals surface area contributed by atoms with E-state index in [1.54, 1.807) is 11.0 Å². The van der Waals surface area contributed by atoms with Gasteiger partial charge in [0.25, 0.3) is 5.92 Å². The predicted octanol–water partition coefficient (Wildman–Crippen LogP) is 5.94. The molecule has 2 heterocycles. The molecule has 1 saturated carbocycles. The summed E-state index contributed by atoms with van der Waals surface area (Å²) >= 11 is 6.18. The van der Waals surface area contributed by atoms with Gasteiger partial charge in [-0.15, -0.1) is 0 Å². The van der Waals surface area contributed by atoms with E-state index in [0.717, 1.165) is 19.4 Å². The molecule has 1 aromatic carbocycles. The molecule has 8 nitrogen and oxygen atoms in total. The minimum atomic E-state index is -3.80. The van der Waals surface area contributed by atoms with Gasteiger partial charge in [0.1, 0.15) is 11.6 Å². The number of hydrogen-bond acceptors (Lipinski definition) is 7. The van der Waals surface area contributed by atoms with Gasteiger partial charge in [-0.1, -0.05) is 63.5 Å². The number of sulfone groups is 1. The minimum Gasteiger partial charge on any atom is -0.480 e. The zero-order valence-corrected chi connectivity index (χ0v) is 26.1. The van der Waals surface area contributed by atoms with Crippen LogP contribution in [0.4, 0.5) is 14.5 Å². The first-order chi connectivity index (χ1) is 19.9. The number of halogens is 3. The topological polar surface area (TPSA) is 123 Å². The number of nitrogens with one attached hydrogen (secondary N) is 2. The number of hydrogen-bond donors (Lipinski definition) is 3. The van der Waals surface area contributed by atoms with Crippen molar-refractivity contribution in [3.8, 4) is 6.07 Å². The minimum absolute atomic E-state index is 0.0126. The van der Waals surface area contributed by atoms with Gasteiger partial charge in [-0.3, -0.25) is 10.1 Å². The number of carboxylic acids is 1. The number of carboxylic acid groups (broad SMARTS) is 1. The molecule has 0 aromatic heterocycles. The molecule has 0 spiro atoms. The summed E-state index contributed by atoms with van der Waals surface area (Å²) in [6, 6.07) is 5.86. The van der Waals surface area contributed by atoms with Gasteiger partial charge in [0.2, 0.25) is 0 Å². The van der Waals surface area contributed by atoms with Crippen LogP contribution in [0.2, 0.25) is 5.02 Å². The molecule has 3 fully saturated rings. The molecule has 2 aliphatic heterocycles. The lowest BCUT2D eigenvalue weighted by Gasteiger charge is -2.33. The Morgan fingerprint density at radius 2 is 1.74 bits per heavy atom. The van der Waals surface area contributed by atoms with Gasteiger partial charge >= 0.3 is 5.97 Å². The number of carbonyl (C=O) groups is 1. The fourth-order valence-corrected chi connectivity index (χ4v) is 7.56. The summed E-state index contributed by atoms with van der Waals surface area (Å²) in [5, 5.41) is 23.0.